The maximum Gasteiger partial charge on any atom is 0.419 e. The highest BCUT2D eigenvalue weighted by atomic mass is 16.6. The number of esters is 1. The van der Waals surface area contributed by atoms with Gasteiger partial charge in [-0.15, -0.1) is 0 Å². The van der Waals surface area contributed by atoms with Crippen LogP contribution in [0.3, 0.4) is 0 Å². The number of hydrogen-bond donors (Lipinski definition) is 3. The molecule has 1 aromatic carbocycles. The number of rotatable bonds is 7. The molecule has 1 aromatic heterocycles. The lowest BCUT2D eigenvalue weighted by atomic mass is 10.1. The first-order valence-corrected chi connectivity index (χ1v) is 12.8. The molecule has 220 valence electrons. The number of hydrogen-bond acceptors (Lipinski definition) is 8. The summed E-state index contributed by atoms with van der Waals surface area (Å²) in [6, 6.07) is 4.80. The Bertz CT molecular complexity index is 1290. The number of benzene rings is 1. The number of alkyl carbamates (subject to hydrolysis) is 1. The third-order valence-corrected chi connectivity index (χ3v) is 4.91. The van der Waals surface area contributed by atoms with E-state index in [9.17, 15) is 24.0 Å². The number of amides is 2. The molecule has 12 heteroatoms. The second-order valence-corrected chi connectivity index (χ2v) is 12.2. The third-order valence-electron chi connectivity index (χ3n) is 4.91. The van der Waals surface area contributed by atoms with Crippen LogP contribution in [0, 0.1) is 0 Å². The Morgan fingerprint density at radius 2 is 1.43 bits per heavy atom. The lowest BCUT2D eigenvalue weighted by Gasteiger charge is -2.23. The summed E-state index contributed by atoms with van der Waals surface area (Å²) in [5.74, 6) is -2.55. The molecule has 0 fully saturated rings. The van der Waals surface area contributed by atoms with Crippen LogP contribution in [0.2, 0.25) is 0 Å². The molecule has 1 heterocycles. The number of aliphatic carboxylic acids is 1. The summed E-state index contributed by atoms with van der Waals surface area (Å²) in [6.07, 6.45) is -2.20. The van der Waals surface area contributed by atoms with Crippen molar-refractivity contribution < 1.29 is 43.3 Å². The fraction of sp³-hybridized carbons (Fsp3) is 0.536. The van der Waals surface area contributed by atoms with Gasteiger partial charge < -0.3 is 30.0 Å². The number of ether oxygens (including phenoxy) is 3. The van der Waals surface area contributed by atoms with Gasteiger partial charge in [-0.05, 0) is 93.0 Å². The Morgan fingerprint density at radius 3 is 1.95 bits per heavy atom. The maximum atomic E-state index is 13.1. The van der Waals surface area contributed by atoms with Crippen molar-refractivity contribution in [3.8, 4) is 0 Å². The van der Waals surface area contributed by atoms with Gasteiger partial charge in [-0.3, -0.25) is 9.59 Å². The van der Waals surface area contributed by atoms with Crippen LogP contribution < -0.4 is 10.6 Å². The number of nitrogens with zero attached hydrogens (tertiary/aromatic N) is 1. The molecule has 2 rings (SSSR count). The molecule has 40 heavy (non-hydrogen) atoms. The van der Waals surface area contributed by atoms with Crippen molar-refractivity contribution in [1.29, 1.82) is 0 Å². The highest BCUT2D eigenvalue weighted by molar-refractivity contribution is 6.04. The molecule has 0 aliphatic heterocycles. The van der Waals surface area contributed by atoms with Crippen molar-refractivity contribution in [2.24, 2.45) is 0 Å². The van der Waals surface area contributed by atoms with Gasteiger partial charge in [0.25, 0.3) is 0 Å². The number of carbonyl (C=O) groups excluding carboxylic acids is 4. The smallest absolute Gasteiger partial charge is 0.419 e. The number of anilines is 1. The second kappa shape index (κ2) is 12.0. The fourth-order valence-corrected chi connectivity index (χ4v) is 3.49. The van der Waals surface area contributed by atoms with Gasteiger partial charge in [0.05, 0.1) is 5.52 Å². The minimum Gasteiger partial charge on any atom is -0.481 e. The Labute approximate surface area is 233 Å². The third kappa shape index (κ3) is 9.90. The monoisotopic (exact) mass is 561 g/mol. The van der Waals surface area contributed by atoms with Crippen LogP contribution in [0.4, 0.5) is 15.3 Å². The molecule has 0 aliphatic carbocycles. The van der Waals surface area contributed by atoms with E-state index in [0.29, 0.717) is 10.9 Å². The summed E-state index contributed by atoms with van der Waals surface area (Å²) in [4.78, 5) is 62.5. The normalized spacial score (nSPS) is 12.8. The quantitative estimate of drug-likeness (QED) is 0.309. The summed E-state index contributed by atoms with van der Waals surface area (Å²) in [6.45, 7) is 15.2. The van der Waals surface area contributed by atoms with Crippen molar-refractivity contribution >= 4 is 46.6 Å². The zero-order chi connectivity index (χ0) is 30.6. The van der Waals surface area contributed by atoms with Gasteiger partial charge in [-0.1, -0.05) is 0 Å². The SMILES string of the molecule is CC(C)(C)OC(=O)N[C@@H](CCC(=O)O)C(=O)Nc1ccc2c(c1)cc(C(=O)OC(C)(C)C)n2C(=O)OC(C)(C)C. The van der Waals surface area contributed by atoms with Crippen LogP contribution in [0.25, 0.3) is 10.9 Å². The molecule has 2 amide bonds. The standard InChI is InChI=1S/C28H39N3O9/c1-26(2,3)38-23(35)20-15-16-14-17(10-12-19(16)31(20)25(37)40-28(7,8)9)29-22(34)18(11-13-21(32)33)30-24(36)39-27(4,5)6/h10,12,14-15,18H,11,13H2,1-9H3,(H,29,34)(H,30,36)(H,32,33)/t18-/m0/s1. The van der Waals surface area contributed by atoms with Gasteiger partial charge in [0, 0.05) is 17.5 Å². The topological polar surface area (TPSA) is 162 Å². The molecule has 0 unspecified atom stereocenters. The number of nitrogens with one attached hydrogen (secondary N) is 2. The number of carboxylic acid groups (broad SMARTS) is 1. The van der Waals surface area contributed by atoms with E-state index in [-0.39, 0.29) is 24.2 Å². The van der Waals surface area contributed by atoms with Crippen molar-refractivity contribution in [3.05, 3.63) is 30.0 Å². The molecule has 3 N–H and O–H groups in total. The van der Waals surface area contributed by atoms with E-state index in [1.165, 1.54) is 24.3 Å². The molecule has 1 atom stereocenters. The largest absolute Gasteiger partial charge is 0.481 e. The second-order valence-electron chi connectivity index (χ2n) is 12.2. The van der Waals surface area contributed by atoms with Gasteiger partial charge in [-0.25, -0.2) is 19.0 Å². The number of carbonyl (C=O) groups is 5. The highest BCUT2D eigenvalue weighted by Gasteiger charge is 2.29. The molecule has 0 saturated heterocycles. The van der Waals surface area contributed by atoms with Crippen LogP contribution >= 0.6 is 0 Å². The van der Waals surface area contributed by atoms with E-state index in [0.717, 1.165) is 4.57 Å². The zero-order valence-electron chi connectivity index (χ0n) is 24.5. The minimum absolute atomic E-state index is 0.0615. The van der Waals surface area contributed by atoms with Crippen LogP contribution in [0.15, 0.2) is 24.3 Å². The first-order chi connectivity index (χ1) is 18.1. The molecule has 0 saturated carbocycles. The summed E-state index contributed by atoms with van der Waals surface area (Å²) in [5, 5.41) is 14.6. The Kier molecular flexibility index (Phi) is 9.61. The molecular weight excluding hydrogens is 522 g/mol. The van der Waals surface area contributed by atoms with E-state index in [1.807, 2.05) is 0 Å². The number of aromatic nitrogens is 1. The molecule has 0 spiro atoms. The van der Waals surface area contributed by atoms with E-state index >= 15 is 0 Å². The summed E-state index contributed by atoms with van der Waals surface area (Å²) < 4.78 is 17.3. The average molecular weight is 562 g/mol. The molecular formula is C28H39N3O9. The van der Waals surface area contributed by atoms with Gasteiger partial charge >= 0.3 is 24.1 Å². The van der Waals surface area contributed by atoms with E-state index in [1.54, 1.807) is 62.3 Å². The number of carboxylic acids is 1. The Morgan fingerprint density at radius 1 is 0.850 bits per heavy atom. The van der Waals surface area contributed by atoms with Crippen molar-refractivity contribution in [2.75, 3.05) is 5.32 Å². The molecule has 0 aliphatic rings. The van der Waals surface area contributed by atoms with Crippen molar-refractivity contribution in [2.45, 2.75) is 98.0 Å². The van der Waals surface area contributed by atoms with Crippen LogP contribution in [0.1, 0.15) is 85.6 Å². The maximum absolute atomic E-state index is 13.1. The minimum atomic E-state index is -1.20. The summed E-state index contributed by atoms with van der Waals surface area (Å²) in [5.41, 5.74) is -1.93. The van der Waals surface area contributed by atoms with Crippen LogP contribution in [0.5, 0.6) is 0 Å². The predicted molar refractivity (Wildman–Crippen MR) is 147 cm³/mol. The lowest BCUT2D eigenvalue weighted by Crippen LogP contribution is -2.46. The number of fused-ring (bicyclic) bond motifs is 1. The van der Waals surface area contributed by atoms with E-state index in [4.69, 9.17) is 19.3 Å². The first-order valence-electron chi connectivity index (χ1n) is 12.8. The molecule has 2 aromatic rings. The molecule has 0 radical (unpaired) electrons. The van der Waals surface area contributed by atoms with E-state index in [2.05, 4.69) is 10.6 Å². The van der Waals surface area contributed by atoms with Gasteiger partial charge in [0.15, 0.2) is 0 Å². The predicted octanol–water partition coefficient (Wildman–Crippen LogP) is 5.08. The fourth-order valence-electron chi connectivity index (χ4n) is 3.49. The molecule has 0 bridgehead atoms. The lowest BCUT2D eigenvalue weighted by molar-refractivity contribution is -0.137. The summed E-state index contributed by atoms with van der Waals surface area (Å²) in [7, 11) is 0. The van der Waals surface area contributed by atoms with Crippen LogP contribution in [-0.4, -0.2) is 62.6 Å². The highest BCUT2D eigenvalue weighted by Crippen LogP contribution is 2.27. The van der Waals surface area contributed by atoms with Crippen LogP contribution in [-0.2, 0) is 23.8 Å². The average Bonchev–Trinajstić information content (AvgIpc) is 3.12. The molecule has 12 nitrogen and oxygen atoms in total. The van der Waals surface area contributed by atoms with E-state index < -0.39 is 52.9 Å². The Hall–Kier alpha value is -4.09. The first kappa shape index (κ1) is 32.1. The Balaban J connectivity index is 2.43. The van der Waals surface area contributed by atoms with Gasteiger partial charge in [0.1, 0.15) is 28.5 Å². The van der Waals surface area contributed by atoms with Crippen molar-refractivity contribution in [3.63, 3.8) is 0 Å². The van der Waals surface area contributed by atoms with Crippen molar-refractivity contribution in [1.82, 2.24) is 9.88 Å². The summed E-state index contributed by atoms with van der Waals surface area (Å²) >= 11 is 0. The van der Waals surface area contributed by atoms with Gasteiger partial charge in [-0.2, -0.15) is 0 Å². The zero-order valence-corrected chi connectivity index (χ0v) is 24.5. The van der Waals surface area contributed by atoms with Gasteiger partial charge in [0.2, 0.25) is 5.91 Å².